The number of thiocarbonyl (C=S) groups is 1. The van der Waals surface area contributed by atoms with Crippen LogP contribution in [0, 0.1) is 0 Å². The van der Waals surface area contributed by atoms with Crippen molar-refractivity contribution >= 4 is 33.8 Å². The predicted octanol–water partition coefficient (Wildman–Crippen LogP) is 6.17. The molecule has 1 aromatic heterocycles. The zero-order valence-electron chi connectivity index (χ0n) is 20.4. The van der Waals surface area contributed by atoms with Gasteiger partial charge < -0.3 is 18.9 Å². The van der Waals surface area contributed by atoms with E-state index >= 15 is 0 Å². The number of ketones is 1. The highest BCUT2D eigenvalue weighted by Crippen LogP contribution is 2.37. The maximum Gasteiger partial charge on any atom is 0.162 e. The van der Waals surface area contributed by atoms with Gasteiger partial charge in [-0.3, -0.25) is 9.78 Å². The predicted molar refractivity (Wildman–Crippen MR) is 144 cm³/mol. The lowest BCUT2D eigenvalue weighted by Gasteiger charge is -2.14. The Morgan fingerprint density at radius 1 is 0.806 bits per heavy atom. The average Bonchev–Trinajstić information content (AvgIpc) is 2.89. The summed E-state index contributed by atoms with van der Waals surface area (Å²) in [5.74, 6) is 3.15. The quantitative estimate of drug-likeness (QED) is 0.228. The number of benzene rings is 3. The molecule has 0 aliphatic carbocycles. The van der Waals surface area contributed by atoms with E-state index in [0.717, 1.165) is 22.0 Å². The van der Waals surface area contributed by atoms with Crippen LogP contribution in [-0.4, -0.2) is 37.0 Å². The molecule has 36 heavy (non-hydrogen) atoms. The fourth-order valence-electron chi connectivity index (χ4n) is 3.98. The summed E-state index contributed by atoms with van der Waals surface area (Å²) in [6.45, 7) is 0. The lowest BCUT2D eigenvalue weighted by Crippen LogP contribution is -2.11. The molecule has 0 unspecified atom stereocenters. The number of aromatic nitrogens is 1. The molecule has 0 radical (unpaired) electrons. The van der Waals surface area contributed by atoms with Gasteiger partial charge in [-0.25, -0.2) is 0 Å². The summed E-state index contributed by atoms with van der Waals surface area (Å²) in [7, 11) is 4.78. The van der Waals surface area contributed by atoms with Gasteiger partial charge >= 0.3 is 0 Å². The van der Waals surface area contributed by atoms with Gasteiger partial charge in [-0.05, 0) is 29.3 Å². The fourth-order valence-corrected chi connectivity index (χ4v) is 4.30. The van der Waals surface area contributed by atoms with E-state index < -0.39 is 0 Å². The first-order valence-electron chi connectivity index (χ1n) is 11.4. The number of pyridine rings is 1. The monoisotopic (exact) mass is 501 g/mol. The first-order chi connectivity index (χ1) is 17.5. The molecule has 6 nitrogen and oxygen atoms in total. The molecule has 0 fully saturated rings. The number of methoxy groups -OCH3 is 3. The van der Waals surface area contributed by atoms with Crippen molar-refractivity contribution in [3.05, 3.63) is 84.1 Å². The fraction of sp³-hybridized carbons (Fsp3) is 0.207. The molecule has 0 spiro atoms. The lowest BCUT2D eigenvalue weighted by molar-refractivity contribution is -0.117. The van der Waals surface area contributed by atoms with Gasteiger partial charge in [0.1, 0.15) is 23.0 Å². The maximum absolute atomic E-state index is 12.5. The third-order valence-corrected chi connectivity index (χ3v) is 6.01. The Labute approximate surface area is 215 Å². The van der Waals surface area contributed by atoms with Gasteiger partial charge in [-0.1, -0.05) is 48.6 Å². The van der Waals surface area contributed by atoms with E-state index in [0.29, 0.717) is 46.5 Å². The number of carbonyl (C=O) groups excluding carboxylic acids is 1. The van der Waals surface area contributed by atoms with Crippen LogP contribution in [0.4, 0.5) is 0 Å². The summed E-state index contributed by atoms with van der Waals surface area (Å²) in [6, 6.07) is 20.7. The number of ether oxygens (including phenoxy) is 4. The lowest BCUT2D eigenvalue weighted by atomic mass is 10.0. The molecular formula is C29H27NO5S. The van der Waals surface area contributed by atoms with Crippen molar-refractivity contribution in [2.75, 3.05) is 21.3 Å². The zero-order valence-corrected chi connectivity index (χ0v) is 21.3. The van der Waals surface area contributed by atoms with Crippen LogP contribution in [0.25, 0.3) is 10.9 Å². The Bertz CT molecular complexity index is 1390. The second kappa shape index (κ2) is 11.6. The van der Waals surface area contributed by atoms with Crippen LogP contribution in [-0.2, 0) is 17.6 Å². The molecule has 184 valence electrons. The van der Waals surface area contributed by atoms with E-state index in [4.69, 9.17) is 31.2 Å². The zero-order chi connectivity index (χ0) is 25.5. The van der Waals surface area contributed by atoms with Crippen LogP contribution in [0.15, 0.2) is 72.9 Å². The number of rotatable bonds is 11. The molecule has 1 heterocycles. The van der Waals surface area contributed by atoms with Crippen molar-refractivity contribution in [1.29, 1.82) is 0 Å². The topological polar surface area (TPSA) is 66.9 Å². The first kappa shape index (κ1) is 25.1. The Hall–Kier alpha value is -3.97. The molecule has 0 atom stereocenters. The molecule has 4 rings (SSSR count). The van der Waals surface area contributed by atoms with Gasteiger partial charge in [-0.15, -0.1) is 0 Å². The molecule has 0 bridgehead atoms. The Morgan fingerprint density at radius 2 is 1.53 bits per heavy atom. The molecule has 4 aromatic rings. The minimum Gasteiger partial charge on any atom is -0.496 e. The van der Waals surface area contributed by atoms with Crippen molar-refractivity contribution in [1.82, 2.24) is 4.98 Å². The van der Waals surface area contributed by atoms with Crippen LogP contribution < -0.4 is 18.9 Å². The molecule has 3 aromatic carbocycles. The molecule has 0 amide bonds. The van der Waals surface area contributed by atoms with Crippen molar-refractivity contribution in [3.63, 3.8) is 0 Å². The van der Waals surface area contributed by atoms with E-state index in [1.807, 2.05) is 60.7 Å². The van der Waals surface area contributed by atoms with Gasteiger partial charge in [0.15, 0.2) is 11.5 Å². The minimum absolute atomic E-state index is 0.0988. The third-order valence-electron chi connectivity index (χ3n) is 5.72. The molecular weight excluding hydrogens is 474 g/mol. The molecule has 0 saturated carbocycles. The van der Waals surface area contributed by atoms with Crippen molar-refractivity contribution in [2.45, 2.75) is 19.3 Å². The molecule has 0 aliphatic rings. The van der Waals surface area contributed by atoms with Crippen molar-refractivity contribution in [3.8, 4) is 28.7 Å². The Morgan fingerprint density at radius 3 is 2.25 bits per heavy atom. The minimum atomic E-state index is 0.0988. The second-order valence-corrected chi connectivity index (χ2v) is 8.78. The normalized spacial score (nSPS) is 10.6. The largest absolute Gasteiger partial charge is 0.496 e. The summed E-state index contributed by atoms with van der Waals surface area (Å²) < 4.78 is 22.6. The smallest absolute Gasteiger partial charge is 0.162 e. The number of carbonyl (C=O) groups is 1. The number of hydrogen-bond acceptors (Lipinski definition) is 7. The summed E-state index contributed by atoms with van der Waals surface area (Å²) in [5, 5.41) is 0.788. The van der Waals surface area contributed by atoms with E-state index in [1.165, 1.54) is 0 Å². The summed E-state index contributed by atoms with van der Waals surface area (Å²) in [6.07, 6.45) is 2.77. The molecule has 0 aliphatic heterocycles. The average molecular weight is 502 g/mol. The SMILES string of the molecule is COc1cc(Oc2ccnc3cc(OC)c(OC)cc23)ccc1CC(=S)CC(=O)Cc1ccccc1. The molecule has 0 N–H and O–H groups in total. The van der Waals surface area contributed by atoms with Gasteiger partial charge in [-0.2, -0.15) is 0 Å². The summed E-state index contributed by atoms with van der Waals surface area (Å²) in [5.41, 5.74) is 2.61. The van der Waals surface area contributed by atoms with Crippen LogP contribution in [0.5, 0.6) is 28.7 Å². The van der Waals surface area contributed by atoms with Crippen molar-refractivity contribution in [2.24, 2.45) is 0 Å². The summed E-state index contributed by atoms with van der Waals surface area (Å²) in [4.78, 5) is 17.5. The molecule has 0 saturated heterocycles. The number of nitrogens with zero attached hydrogens (tertiary/aromatic N) is 1. The van der Waals surface area contributed by atoms with E-state index in [9.17, 15) is 4.79 Å². The Balaban J connectivity index is 1.49. The van der Waals surface area contributed by atoms with Crippen molar-refractivity contribution < 1.29 is 23.7 Å². The van der Waals surface area contributed by atoms with E-state index in [1.54, 1.807) is 33.6 Å². The van der Waals surface area contributed by atoms with Crippen LogP contribution in [0.3, 0.4) is 0 Å². The number of fused-ring (bicyclic) bond motifs is 1. The van der Waals surface area contributed by atoms with Gasteiger partial charge in [0.2, 0.25) is 0 Å². The van der Waals surface area contributed by atoms with E-state index in [-0.39, 0.29) is 12.2 Å². The second-order valence-electron chi connectivity index (χ2n) is 8.20. The van der Waals surface area contributed by atoms with Crippen LogP contribution >= 0.6 is 12.2 Å². The molecule has 7 heteroatoms. The van der Waals surface area contributed by atoms with Gasteiger partial charge in [0.25, 0.3) is 0 Å². The number of hydrogen-bond donors (Lipinski definition) is 0. The highest BCUT2D eigenvalue weighted by molar-refractivity contribution is 7.80. The van der Waals surface area contributed by atoms with Crippen LogP contribution in [0.2, 0.25) is 0 Å². The Kier molecular flexibility index (Phi) is 8.13. The first-order valence-corrected chi connectivity index (χ1v) is 11.8. The van der Waals surface area contributed by atoms with E-state index in [2.05, 4.69) is 4.98 Å². The highest BCUT2D eigenvalue weighted by atomic mass is 32.1. The van der Waals surface area contributed by atoms with Gasteiger partial charge in [0.05, 0.1) is 26.8 Å². The van der Waals surface area contributed by atoms with Crippen LogP contribution in [0.1, 0.15) is 17.5 Å². The maximum atomic E-state index is 12.5. The van der Waals surface area contributed by atoms with Gasteiger partial charge in [0, 0.05) is 47.8 Å². The highest BCUT2D eigenvalue weighted by Gasteiger charge is 2.14. The number of Topliss-reactive ketones (excluding diaryl/α,β-unsaturated/α-hetero) is 1. The summed E-state index contributed by atoms with van der Waals surface area (Å²) >= 11 is 5.53. The standard InChI is InChI=1S/C29H27NO5S/c1-32-27-16-22(35-26-11-12-30-25-18-29(34-3)28(33-2)17-24(25)26)10-9-20(27)14-23(36)15-21(31)13-19-7-5-4-6-8-19/h4-12,16-18H,13-15H2,1-3H3. The third kappa shape index (κ3) is 5.98.